The largest absolute Gasteiger partial charge is 0.480 e. The monoisotopic (exact) mass is 938 g/mol. The number of aliphatic carboxylic acids is 1. The Kier molecular flexibility index (Phi) is 44.0. The average Bonchev–Trinajstić information content (AvgIpc) is 3.29. The van der Waals surface area contributed by atoms with Crippen molar-refractivity contribution < 1.29 is 47.8 Å². The lowest BCUT2D eigenvalue weighted by atomic mass is 10.1. The van der Waals surface area contributed by atoms with Gasteiger partial charge in [0.25, 0.3) is 0 Å². The van der Waals surface area contributed by atoms with E-state index in [4.69, 9.17) is 13.8 Å². The zero-order valence-electron chi connectivity index (χ0n) is 40.2. The number of aliphatic hydroxyl groups excluding tert-OH is 1. The maximum atomic E-state index is 12.4. The van der Waals surface area contributed by atoms with Gasteiger partial charge in [-0.25, -0.2) is 9.36 Å². The van der Waals surface area contributed by atoms with Crippen molar-refractivity contribution in [1.29, 1.82) is 0 Å². The Bertz CT molecular complexity index is 1620. The SMILES string of the molecule is CC/C=C\C/C=C\C/C=C\C/C=C\C/C=C\C/C=C\CCC(=O)OCC(O)COP(=O)(O)OCC(NC(=O)CCCCCCCCC/C=C\C/C=C\C/C=C\C/C=C\C/C=C\CC)C(=O)O. The van der Waals surface area contributed by atoms with Crippen molar-refractivity contribution in [2.24, 2.45) is 0 Å². The van der Waals surface area contributed by atoms with Crippen molar-refractivity contribution in [3.8, 4) is 0 Å². The summed E-state index contributed by atoms with van der Waals surface area (Å²) in [7, 11) is -4.79. The van der Waals surface area contributed by atoms with Crippen molar-refractivity contribution in [2.45, 2.75) is 167 Å². The van der Waals surface area contributed by atoms with E-state index in [2.05, 4.69) is 135 Å². The Labute approximate surface area is 398 Å². The first kappa shape index (κ1) is 61.6. The van der Waals surface area contributed by atoms with Gasteiger partial charge in [0.2, 0.25) is 5.91 Å². The predicted octanol–water partition coefficient (Wildman–Crippen LogP) is 13.3. The summed E-state index contributed by atoms with van der Waals surface area (Å²) >= 11 is 0. The fourth-order valence-corrected chi connectivity index (χ4v) is 6.55. The van der Waals surface area contributed by atoms with Crippen molar-refractivity contribution in [3.05, 3.63) is 134 Å². The molecule has 370 valence electrons. The number of nitrogens with one attached hydrogen (secondary N) is 1. The molecule has 3 atom stereocenters. The number of carbonyl (C=O) groups is 3. The van der Waals surface area contributed by atoms with Crippen LogP contribution in [0.2, 0.25) is 0 Å². The molecule has 0 aromatic heterocycles. The highest BCUT2D eigenvalue weighted by molar-refractivity contribution is 7.47. The topological polar surface area (TPSA) is 169 Å². The molecule has 0 saturated carbocycles. The van der Waals surface area contributed by atoms with E-state index in [1.165, 1.54) is 0 Å². The Hall–Kier alpha value is -4.38. The lowest BCUT2D eigenvalue weighted by molar-refractivity contribution is -0.147. The van der Waals surface area contributed by atoms with Gasteiger partial charge in [0.05, 0.1) is 13.2 Å². The van der Waals surface area contributed by atoms with Crippen LogP contribution in [0.3, 0.4) is 0 Å². The Morgan fingerprint density at radius 2 is 0.848 bits per heavy atom. The van der Waals surface area contributed by atoms with Crippen LogP contribution < -0.4 is 5.32 Å². The highest BCUT2D eigenvalue weighted by atomic mass is 31.2. The Morgan fingerprint density at radius 1 is 0.485 bits per heavy atom. The fraction of sp³-hybridized carbons (Fsp3) is 0.537. The number of aliphatic hydroxyl groups is 1. The van der Waals surface area contributed by atoms with Gasteiger partial charge in [-0.15, -0.1) is 0 Å². The lowest BCUT2D eigenvalue weighted by Crippen LogP contribution is -2.43. The minimum Gasteiger partial charge on any atom is -0.480 e. The van der Waals surface area contributed by atoms with Crippen molar-refractivity contribution >= 4 is 25.7 Å². The predicted molar refractivity (Wildman–Crippen MR) is 272 cm³/mol. The third-order valence-electron chi connectivity index (χ3n) is 9.45. The number of carbonyl (C=O) groups excluding carboxylic acids is 2. The van der Waals surface area contributed by atoms with Crippen LogP contribution in [0, 0.1) is 0 Å². The van der Waals surface area contributed by atoms with E-state index in [-0.39, 0.29) is 12.8 Å². The van der Waals surface area contributed by atoms with Crippen LogP contribution in [0.1, 0.15) is 155 Å². The summed E-state index contributed by atoms with van der Waals surface area (Å²) in [5.74, 6) is -2.50. The van der Waals surface area contributed by atoms with E-state index >= 15 is 0 Å². The molecule has 0 aliphatic rings. The molecule has 11 nitrogen and oxygen atoms in total. The van der Waals surface area contributed by atoms with Crippen LogP contribution in [-0.2, 0) is 32.7 Å². The number of hydrogen-bond acceptors (Lipinski definition) is 8. The average molecular weight is 938 g/mol. The van der Waals surface area contributed by atoms with E-state index in [0.717, 1.165) is 116 Å². The maximum Gasteiger partial charge on any atom is 0.472 e. The second-order valence-electron chi connectivity index (χ2n) is 15.5. The van der Waals surface area contributed by atoms with Gasteiger partial charge in [-0.05, 0) is 96.3 Å². The third kappa shape index (κ3) is 46.2. The molecule has 0 spiro atoms. The number of esters is 1. The quantitative estimate of drug-likeness (QED) is 0.0200. The molecule has 0 aliphatic heterocycles. The number of unbranched alkanes of at least 4 members (excludes halogenated alkanes) is 7. The number of ether oxygens (including phenoxy) is 1. The molecular weight excluding hydrogens is 854 g/mol. The molecule has 0 aromatic carbocycles. The highest BCUT2D eigenvalue weighted by Gasteiger charge is 2.28. The lowest BCUT2D eigenvalue weighted by Gasteiger charge is -2.18. The van der Waals surface area contributed by atoms with Gasteiger partial charge in [0.15, 0.2) is 6.04 Å². The molecule has 3 unspecified atom stereocenters. The van der Waals surface area contributed by atoms with Gasteiger partial charge in [-0.3, -0.25) is 18.6 Å². The van der Waals surface area contributed by atoms with Gasteiger partial charge in [0, 0.05) is 12.8 Å². The molecule has 0 saturated heterocycles. The summed E-state index contributed by atoms with van der Waals surface area (Å²) in [5, 5.41) is 21.9. The number of amides is 1. The molecule has 12 heteroatoms. The summed E-state index contributed by atoms with van der Waals surface area (Å²) < 4.78 is 26.8. The number of phosphoric acid groups is 1. The number of phosphoric ester groups is 1. The fourth-order valence-electron chi connectivity index (χ4n) is 5.78. The molecule has 0 heterocycles. The zero-order chi connectivity index (χ0) is 48.4. The van der Waals surface area contributed by atoms with E-state index < -0.39 is 57.6 Å². The first-order valence-electron chi connectivity index (χ1n) is 24.2. The third-order valence-corrected chi connectivity index (χ3v) is 10.4. The van der Waals surface area contributed by atoms with E-state index in [0.29, 0.717) is 12.8 Å². The molecule has 0 bridgehead atoms. The highest BCUT2D eigenvalue weighted by Crippen LogP contribution is 2.43. The molecule has 1 amide bonds. The van der Waals surface area contributed by atoms with Crippen LogP contribution in [-0.4, -0.2) is 64.9 Å². The summed E-state index contributed by atoms with van der Waals surface area (Å²) in [5.41, 5.74) is 0. The van der Waals surface area contributed by atoms with E-state index in [9.17, 15) is 34.1 Å². The second-order valence-corrected chi connectivity index (χ2v) is 17.0. The molecule has 0 aromatic rings. The smallest absolute Gasteiger partial charge is 0.472 e. The molecule has 0 aliphatic carbocycles. The van der Waals surface area contributed by atoms with Crippen molar-refractivity contribution in [3.63, 3.8) is 0 Å². The first-order chi connectivity index (χ1) is 32.1. The number of allylic oxidation sites excluding steroid dienone is 22. The van der Waals surface area contributed by atoms with Crippen LogP contribution in [0.5, 0.6) is 0 Å². The van der Waals surface area contributed by atoms with Crippen LogP contribution in [0.4, 0.5) is 0 Å². The minimum absolute atomic E-state index is 0.0904. The first-order valence-corrected chi connectivity index (χ1v) is 25.7. The van der Waals surface area contributed by atoms with E-state index in [1.807, 2.05) is 18.2 Å². The molecule has 0 radical (unpaired) electrons. The maximum absolute atomic E-state index is 12.4. The van der Waals surface area contributed by atoms with Gasteiger partial charge < -0.3 is 25.2 Å². The zero-order valence-corrected chi connectivity index (χ0v) is 41.1. The van der Waals surface area contributed by atoms with Crippen molar-refractivity contribution in [1.82, 2.24) is 5.32 Å². The van der Waals surface area contributed by atoms with Crippen molar-refractivity contribution in [2.75, 3.05) is 19.8 Å². The number of rotatable bonds is 43. The molecule has 4 N–H and O–H groups in total. The van der Waals surface area contributed by atoms with Gasteiger partial charge in [-0.2, -0.15) is 0 Å². The van der Waals surface area contributed by atoms with Gasteiger partial charge in [-0.1, -0.05) is 180 Å². The van der Waals surface area contributed by atoms with Crippen LogP contribution >= 0.6 is 7.82 Å². The van der Waals surface area contributed by atoms with Crippen LogP contribution in [0.25, 0.3) is 0 Å². The number of carboxylic acid groups (broad SMARTS) is 1. The molecule has 0 rings (SSSR count). The number of hydrogen-bond donors (Lipinski definition) is 4. The summed E-state index contributed by atoms with van der Waals surface area (Å²) in [4.78, 5) is 46.1. The molecular formula is C54H84NO10P. The summed E-state index contributed by atoms with van der Waals surface area (Å²) in [6, 6.07) is -1.57. The Balaban J connectivity index is 4.00. The van der Waals surface area contributed by atoms with E-state index in [1.54, 1.807) is 0 Å². The van der Waals surface area contributed by atoms with Gasteiger partial charge in [0.1, 0.15) is 12.7 Å². The standard InChI is InChI=1S/C54H84NO10P/c1-3-5-7-9-11-13-15-17-19-21-23-24-25-26-28-29-31-33-35-37-39-41-43-45-52(57)55-51(54(59)60)49-65-66(61,62)64-48-50(56)47-63-53(58)46-44-42-40-38-36-34-32-30-27-22-20-18-16-14-12-10-8-6-4-2/h5-8,11-14,17-20,23-24,26-28,30,34,36,40,42,50-51,56H,3-4,9-10,15-16,21-22,25,29,31-33,35,37-39,41,43-49H2,1-2H3,(H,55,57)(H,59,60)(H,61,62)/b7-5-,8-6-,13-11-,14-12-,19-17-,20-18-,24-23-,28-26-,30-27-,36-34-,42-40-. The second kappa shape index (κ2) is 47.1. The van der Waals surface area contributed by atoms with Gasteiger partial charge >= 0.3 is 19.8 Å². The summed E-state index contributed by atoms with van der Waals surface area (Å²) in [6.07, 6.45) is 64.8. The summed E-state index contributed by atoms with van der Waals surface area (Å²) in [6.45, 7) is 2.27. The Morgan fingerprint density at radius 3 is 1.27 bits per heavy atom. The number of carboxylic acids is 1. The molecule has 0 fully saturated rings. The molecule has 66 heavy (non-hydrogen) atoms. The van der Waals surface area contributed by atoms with Crippen LogP contribution in [0.15, 0.2) is 134 Å². The normalized spacial score (nSPS) is 14.7. The minimum atomic E-state index is -4.79.